The average Bonchev–Trinajstić information content (AvgIpc) is 2.81. The number of benzene rings is 2. The van der Waals surface area contributed by atoms with Crippen molar-refractivity contribution in [2.45, 2.75) is 12.7 Å². The molecule has 3 aromatic rings. The minimum Gasteiger partial charge on any atom is -0.354 e. The number of carbonyl (C=O) groups excluding carboxylic acids is 1. The lowest BCUT2D eigenvalue weighted by atomic mass is 10.1. The van der Waals surface area contributed by atoms with E-state index in [0.717, 1.165) is 56.2 Å². The van der Waals surface area contributed by atoms with Crippen molar-refractivity contribution in [1.29, 1.82) is 0 Å². The first-order valence-corrected chi connectivity index (χ1v) is 10.3. The van der Waals surface area contributed by atoms with Crippen LogP contribution in [0, 0.1) is 0 Å². The predicted octanol–water partition coefficient (Wildman–Crippen LogP) is 4.67. The predicted molar refractivity (Wildman–Crippen MR) is 118 cm³/mol. The molecular formula is C24H23F3N4O. The molecule has 2 heterocycles. The molecule has 4 rings (SSSR count). The number of hydrogen-bond acceptors (Lipinski definition) is 4. The lowest BCUT2D eigenvalue weighted by Crippen LogP contribution is -2.46. The summed E-state index contributed by atoms with van der Waals surface area (Å²) in [5.41, 5.74) is 0.766. The highest BCUT2D eigenvalue weighted by Gasteiger charge is 2.30. The molecule has 32 heavy (non-hydrogen) atoms. The summed E-state index contributed by atoms with van der Waals surface area (Å²) in [6.07, 6.45) is -2.68. The number of amides is 1. The smallest absolute Gasteiger partial charge is 0.354 e. The molecule has 8 heteroatoms. The van der Waals surface area contributed by atoms with E-state index in [2.05, 4.69) is 20.1 Å². The second-order valence-corrected chi connectivity index (χ2v) is 7.68. The number of hydrogen-bond donors (Lipinski definition) is 1. The molecule has 1 amide bonds. The number of halogens is 3. The van der Waals surface area contributed by atoms with Gasteiger partial charge in [-0.05, 0) is 48.0 Å². The molecule has 1 N–H and O–H groups in total. The molecule has 0 atom stereocenters. The van der Waals surface area contributed by atoms with Crippen molar-refractivity contribution >= 4 is 17.4 Å². The molecule has 1 fully saturated rings. The fourth-order valence-corrected chi connectivity index (χ4v) is 3.67. The molecule has 0 bridgehead atoms. The Morgan fingerprint density at radius 3 is 2.34 bits per heavy atom. The molecular weight excluding hydrogens is 417 g/mol. The van der Waals surface area contributed by atoms with Crippen molar-refractivity contribution in [2.75, 3.05) is 36.4 Å². The van der Waals surface area contributed by atoms with Gasteiger partial charge in [0.2, 0.25) is 0 Å². The first kappa shape index (κ1) is 21.8. The van der Waals surface area contributed by atoms with Crippen LogP contribution in [0.4, 0.5) is 24.7 Å². The summed E-state index contributed by atoms with van der Waals surface area (Å²) in [4.78, 5) is 21.4. The SMILES string of the molecule is O=C(Nc1ccc(CN2CCN(c3ccccn3)CC2)cc1)c1cccc(C(F)(F)F)c1. The molecule has 0 aliphatic carbocycles. The van der Waals surface area contributed by atoms with Crippen LogP contribution in [0.25, 0.3) is 0 Å². The lowest BCUT2D eigenvalue weighted by Gasteiger charge is -2.35. The maximum atomic E-state index is 12.9. The summed E-state index contributed by atoms with van der Waals surface area (Å²) in [6.45, 7) is 4.44. The van der Waals surface area contributed by atoms with E-state index in [9.17, 15) is 18.0 Å². The number of pyridine rings is 1. The van der Waals surface area contributed by atoms with Crippen molar-refractivity contribution in [3.8, 4) is 0 Å². The molecule has 1 saturated heterocycles. The van der Waals surface area contributed by atoms with Crippen LogP contribution in [-0.2, 0) is 12.7 Å². The van der Waals surface area contributed by atoms with Crippen LogP contribution in [0.5, 0.6) is 0 Å². The maximum Gasteiger partial charge on any atom is 0.416 e. The molecule has 0 saturated carbocycles. The van der Waals surface area contributed by atoms with Crippen molar-refractivity contribution in [2.24, 2.45) is 0 Å². The van der Waals surface area contributed by atoms with Crippen molar-refractivity contribution in [3.05, 3.63) is 89.6 Å². The summed E-state index contributed by atoms with van der Waals surface area (Å²) in [6, 6.07) is 17.7. The Hall–Kier alpha value is -3.39. The van der Waals surface area contributed by atoms with Crippen LogP contribution in [-0.4, -0.2) is 42.0 Å². The number of aromatic nitrogens is 1. The van der Waals surface area contributed by atoms with E-state index in [-0.39, 0.29) is 5.56 Å². The van der Waals surface area contributed by atoms with E-state index < -0.39 is 17.6 Å². The van der Waals surface area contributed by atoms with Gasteiger partial charge in [0.05, 0.1) is 5.56 Å². The van der Waals surface area contributed by atoms with Gasteiger partial charge in [0, 0.05) is 50.2 Å². The van der Waals surface area contributed by atoms with Crippen molar-refractivity contribution < 1.29 is 18.0 Å². The van der Waals surface area contributed by atoms with Crippen LogP contribution in [0.1, 0.15) is 21.5 Å². The third-order valence-corrected chi connectivity index (χ3v) is 5.42. The van der Waals surface area contributed by atoms with Crippen LogP contribution in [0.2, 0.25) is 0 Å². The number of piperazine rings is 1. The maximum absolute atomic E-state index is 12.9. The zero-order valence-corrected chi connectivity index (χ0v) is 17.3. The van der Waals surface area contributed by atoms with Crippen molar-refractivity contribution in [3.63, 3.8) is 0 Å². The summed E-state index contributed by atoms with van der Waals surface area (Å²) in [5.74, 6) is 0.419. The van der Waals surface area contributed by atoms with Crippen LogP contribution >= 0.6 is 0 Å². The molecule has 1 aliphatic rings. The topological polar surface area (TPSA) is 48.5 Å². The van der Waals surface area contributed by atoms with E-state index in [4.69, 9.17) is 0 Å². The molecule has 2 aromatic carbocycles. The van der Waals surface area contributed by atoms with Gasteiger partial charge in [-0.3, -0.25) is 9.69 Å². The highest BCUT2D eigenvalue weighted by Crippen LogP contribution is 2.29. The Labute approximate surface area is 184 Å². The number of nitrogens with one attached hydrogen (secondary N) is 1. The third kappa shape index (κ3) is 5.45. The minimum absolute atomic E-state index is 0.0327. The number of carbonyl (C=O) groups is 1. The van der Waals surface area contributed by atoms with Gasteiger partial charge in [0.15, 0.2) is 0 Å². The molecule has 0 radical (unpaired) electrons. The number of nitrogens with zero attached hydrogens (tertiary/aromatic N) is 3. The van der Waals surface area contributed by atoms with Gasteiger partial charge < -0.3 is 10.2 Å². The van der Waals surface area contributed by atoms with Crippen LogP contribution < -0.4 is 10.2 Å². The Morgan fingerprint density at radius 2 is 1.69 bits per heavy atom. The summed E-state index contributed by atoms with van der Waals surface area (Å²) in [5, 5.41) is 2.66. The van der Waals surface area contributed by atoms with E-state index in [1.54, 1.807) is 18.3 Å². The van der Waals surface area contributed by atoms with Gasteiger partial charge in [-0.2, -0.15) is 13.2 Å². The minimum atomic E-state index is -4.49. The van der Waals surface area contributed by atoms with Gasteiger partial charge in [-0.1, -0.05) is 24.3 Å². The third-order valence-electron chi connectivity index (χ3n) is 5.42. The normalized spacial score (nSPS) is 14.9. The van der Waals surface area contributed by atoms with Crippen LogP contribution in [0.15, 0.2) is 72.9 Å². The summed E-state index contributed by atoms with van der Waals surface area (Å²) < 4.78 is 38.6. The monoisotopic (exact) mass is 440 g/mol. The Kier molecular flexibility index (Phi) is 6.41. The first-order chi connectivity index (χ1) is 15.4. The molecule has 5 nitrogen and oxygen atoms in total. The highest BCUT2D eigenvalue weighted by atomic mass is 19.4. The Bertz CT molecular complexity index is 1050. The van der Waals surface area contributed by atoms with Crippen LogP contribution in [0.3, 0.4) is 0 Å². The van der Waals surface area contributed by atoms with E-state index >= 15 is 0 Å². The molecule has 0 unspecified atom stereocenters. The van der Waals surface area contributed by atoms with E-state index in [0.29, 0.717) is 5.69 Å². The summed E-state index contributed by atoms with van der Waals surface area (Å²) in [7, 11) is 0. The number of rotatable bonds is 5. The first-order valence-electron chi connectivity index (χ1n) is 10.3. The zero-order valence-electron chi connectivity index (χ0n) is 17.3. The Balaban J connectivity index is 1.31. The van der Waals surface area contributed by atoms with Gasteiger partial charge in [-0.15, -0.1) is 0 Å². The number of alkyl halides is 3. The fraction of sp³-hybridized carbons (Fsp3) is 0.250. The fourth-order valence-electron chi connectivity index (χ4n) is 3.67. The van der Waals surface area contributed by atoms with Gasteiger partial charge in [0.1, 0.15) is 5.82 Å². The molecule has 1 aromatic heterocycles. The molecule has 166 valence electrons. The van der Waals surface area contributed by atoms with Crippen molar-refractivity contribution in [1.82, 2.24) is 9.88 Å². The van der Waals surface area contributed by atoms with E-state index in [1.165, 1.54) is 12.1 Å². The van der Waals surface area contributed by atoms with E-state index in [1.807, 2.05) is 30.3 Å². The second kappa shape index (κ2) is 9.40. The zero-order chi connectivity index (χ0) is 22.6. The standard InChI is InChI=1S/C24H23F3N4O/c25-24(26,27)20-5-3-4-19(16-20)23(32)29-21-9-7-18(8-10-21)17-30-12-14-31(15-13-30)22-6-1-2-11-28-22/h1-11,16H,12-15,17H2,(H,29,32). The molecule has 1 aliphatic heterocycles. The van der Waals surface area contributed by atoms with Gasteiger partial charge in [0.25, 0.3) is 5.91 Å². The Morgan fingerprint density at radius 1 is 0.938 bits per heavy atom. The number of anilines is 2. The average molecular weight is 440 g/mol. The largest absolute Gasteiger partial charge is 0.416 e. The lowest BCUT2D eigenvalue weighted by molar-refractivity contribution is -0.137. The summed E-state index contributed by atoms with van der Waals surface area (Å²) >= 11 is 0. The quantitative estimate of drug-likeness (QED) is 0.626. The van der Waals surface area contributed by atoms with Gasteiger partial charge >= 0.3 is 6.18 Å². The second-order valence-electron chi connectivity index (χ2n) is 7.68. The molecule has 0 spiro atoms. The highest BCUT2D eigenvalue weighted by molar-refractivity contribution is 6.04. The van der Waals surface area contributed by atoms with Gasteiger partial charge in [-0.25, -0.2) is 4.98 Å².